The molecular formula is C9H9NO3S2. The van der Waals surface area contributed by atoms with Crippen molar-refractivity contribution in [1.29, 1.82) is 0 Å². The minimum Gasteiger partial charge on any atom is -0.477 e. The second-order valence-electron chi connectivity index (χ2n) is 3.05. The van der Waals surface area contributed by atoms with Gasteiger partial charge in [0.15, 0.2) is 0 Å². The average Bonchev–Trinajstić information content (AvgIpc) is 2.24. The number of β-lactam (4-membered cyclic amide) rings is 1. The number of nitrogens with zero attached hydrogens (tertiary/aromatic N) is 1. The number of hydrogen-bond acceptors (Lipinski definition) is 4. The molecule has 0 aromatic carbocycles. The molecule has 1 N–H and O–H groups in total. The molecule has 2 rings (SSSR count). The van der Waals surface area contributed by atoms with Crippen LogP contribution < -0.4 is 0 Å². The van der Waals surface area contributed by atoms with Crippen molar-refractivity contribution in [3.8, 4) is 0 Å². The van der Waals surface area contributed by atoms with E-state index in [1.807, 2.05) is 0 Å². The number of carbonyl (C=O) groups is 2. The molecule has 2 atom stereocenters. The van der Waals surface area contributed by atoms with Gasteiger partial charge in [0.2, 0.25) is 5.91 Å². The van der Waals surface area contributed by atoms with Gasteiger partial charge in [-0.2, -0.15) is 0 Å². The molecule has 0 saturated carbocycles. The number of carboxylic acid groups (broad SMARTS) is 1. The third-order valence-electron chi connectivity index (χ3n) is 2.26. The van der Waals surface area contributed by atoms with Gasteiger partial charge in [0.1, 0.15) is 16.3 Å². The normalized spacial score (nSPS) is 28.9. The van der Waals surface area contributed by atoms with E-state index in [2.05, 4.69) is 6.58 Å². The van der Waals surface area contributed by atoms with Crippen LogP contribution in [-0.2, 0) is 9.59 Å². The van der Waals surface area contributed by atoms with Gasteiger partial charge in [0, 0.05) is 5.75 Å². The number of carbonyl (C=O) groups excluding carboxylic acids is 1. The van der Waals surface area contributed by atoms with E-state index in [-0.39, 0.29) is 22.2 Å². The number of amides is 1. The lowest BCUT2D eigenvalue weighted by Gasteiger charge is -2.47. The fourth-order valence-corrected chi connectivity index (χ4v) is 3.83. The summed E-state index contributed by atoms with van der Waals surface area (Å²) in [6.45, 7) is 3.56. The quantitative estimate of drug-likeness (QED) is 0.753. The molecule has 6 heteroatoms. The second-order valence-corrected chi connectivity index (χ2v) is 5.31. The van der Waals surface area contributed by atoms with E-state index in [0.29, 0.717) is 5.75 Å². The summed E-state index contributed by atoms with van der Waals surface area (Å²) >= 11 is 2.94. The fourth-order valence-electron chi connectivity index (χ4n) is 1.60. The molecule has 0 radical (unpaired) electrons. The van der Waals surface area contributed by atoms with Crippen LogP contribution in [-0.4, -0.2) is 38.3 Å². The second kappa shape index (κ2) is 3.94. The van der Waals surface area contributed by atoms with Crippen LogP contribution >= 0.6 is 23.5 Å². The predicted octanol–water partition coefficient (Wildman–Crippen LogP) is 1.12. The van der Waals surface area contributed by atoms with Crippen molar-refractivity contribution in [1.82, 2.24) is 4.90 Å². The lowest BCUT2D eigenvalue weighted by Crippen LogP contribution is -2.62. The van der Waals surface area contributed by atoms with Crippen LogP contribution in [0.3, 0.4) is 0 Å². The Balaban J connectivity index is 2.19. The molecule has 0 aliphatic carbocycles. The lowest BCUT2D eigenvalue weighted by molar-refractivity contribution is -0.145. The molecular weight excluding hydrogens is 234 g/mol. The van der Waals surface area contributed by atoms with Gasteiger partial charge in [-0.25, -0.2) is 4.79 Å². The molecule has 0 aromatic rings. The Labute approximate surface area is 95.4 Å². The van der Waals surface area contributed by atoms with Crippen LogP contribution in [0.25, 0.3) is 0 Å². The van der Waals surface area contributed by atoms with Gasteiger partial charge in [-0.15, -0.1) is 23.5 Å². The monoisotopic (exact) mass is 243 g/mol. The van der Waals surface area contributed by atoms with Gasteiger partial charge < -0.3 is 5.11 Å². The largest absolute Gasteiger partial charge is 0.477 e. The Morgan fingerprint density at radius 3 is 3.13 bits per heavy atom. The minimum absolute atomic E-state index is 0.0448. The van der Waals surface area contributed by atoms with Crippen molar-refractivity contribution in [3.63, 3.8) is 0 Å². The summed E-state index contributed by atoms with van der Waals surface area (Å²) in [5.74, 6) is -0.522. The van der Waals surface area contributed by atoms with E-state index in [4.69, 9.17) is 5.11 Å². The van der Waals surface area contributed by atoms with Gasteiger partial charge in [0.25, 0.3) is 0 Å². The molecule has 4 nitrogen and oxygen atoms in total. The molecule has 1 saturated heterocycles. The summed E-state index contributed by atoms with van der Waals surface area (Å²) < 4.78 is 0. The molecule has 2 aliphatic rings. The molecule has 0 aromatic heterocycles. The summed E-state index contributed by atoms with van der Waals surface area (Å²) in [6.07, 6.45) is 1.58. The number of rotatable bonds is 3. The summed E-state index contributed by atoms with van der Waals surface area (Å²) in [4.78, 5) is 23.9. The van der Waals surface area contributed by atoms with Crippen LogP contribution in [0.5, 0.6) is 0 Å². The van der Waals surface area contributed by atoms with Crippen molar-refractivity contribution in [2.75, 3.05) is 5.75 Å². The number of thioether (sulfide) groups is 2. The molecule has 15 heavy (non-hydrogen) atoms. The SMILES string of the molecule is C=CSC1C(=O)N2C(C(=O)O)=CCS[C@@H]12. The van der Waals surface area contributed by atoms with Crippen LogP contribution in [0.4, 0.5) is 0 Å². The first-order chi connectivity index (χ1) is 7.16. The van der Waals surface area contributed by atoms with Crippen LogP contribution in [0.1, 0.15) is 0 Å². The Morgan fingerprint density at radius 1 is 1.80 bits per heavy atom. The van der Waals surface area contributed by atoms with Gasteiger partial charge in [-0.1, -0.05) is 6.58 Å². The summed E-state index contributed by atoms with van der Waals surface area (Å²) in [6, 6.07) is 0. The maximum absolute atomic E-state index is 11.6. The van der Waals surface area contributed by atoms with E-state index in [9.17, 15) is 9.59 Å². The van der Waals surface area contributed by atoms with E-state index in [0.717, 1.165) is 0 Å². The van der Waals surface area contributed by atoms with Crippen molar-refractivity contribution in [2.24, 2.45) is 0 Å². The van der Waals surface area contributed by atoms with Crippen molar-refractivity contribution in [3.05, 3.63) is 23.8 Å². The van der Waals surface area contributed by atoms with Crippen molar-refractivity contribution in [2.45, 2.75) is 10.6 Å². The minimum atomic E-state index is -1.03. The topological polar surface area (TPSA) is 57.6 Å². The number of fused-ring (bicyclic) bond motifs is 1. The fraction of sp³-hybridized carbons (Fsp3) is 0.333. The van der Waals surface area contributed by atoms with Crippen LogP contribution in [0, 0.1) is 0 Å². The van der Waals surface area contributed by atoms with E-state index in [1.54, 1.807) is 23.2 Å². The zero-order chi connectivity index (χ0) is 11.0. The van der Waals surface area contributed by atoms with Gasteiger partial charge in [0.05, 0.1) is 0 Å². The molecule has 0 spiro atoms. The van der Waals surface area contributed by atoms with Crippen LogP contribution in [0.2, 0.25) is 0 Å². The third-order valence-corrected chi connectivity index (χ3v) is 4.56. The number of hydrogen-bond donors (Lipinski definition) is 1. The van der Waals surface area contributed by atoms with Crippen LogP contribution in [0.15, 0.2) is 23.8 Å². The van der Waals surface area contributed by atoms with E-state index < -0.39 is 5.97 Å². The number of aliphatic carboxylic acids is 1. The van der Waals surface area contributed by atoms with Crippen molar-refractivity contribution < 1.29 is 14.7 Å². The highest BCUT2D eigenvalue weighted by Gasteiger charge is 2.51. The first-order valence-electron chi connectivity index (χ1n) is 4.31. The third kappa shape index (κ3) is 1.57. The van der Waals surface area contributed by atoms with Crippen molar-refractivity contribution >= 4 is 35.4 Å². The highest BCUT2D eigenvalue weighted by atomic mass is 32.2. The zero-order valence-corrected chi connectivity index (χ0v) is 9.38. The standard InChI is InChI=1S/C9H9NO3S2/c1-2-14-6-7(11)10-5(9(12)13)3-4-15-8(6)10/h2-3,6,8H,1,4H2,(H,12,13)/t6?,8-/m0/s1. The average molecular weight is 243 g/mol. The smallest absolute Gasteiger partial charge is 0.352 e. The van der Waals surface area contributed by atoms with Gasteiger partial charge >= 0.3 is 5.97 Å². The highest BCUT2D eigenvalue weighted by Crippen LogP contribution is 2.43. The first kappa shape index (κ1) is 10.6. The maximum Gasteiger partial charge on any atom is 0.352 e. The zero-order valence-electron chi connectivity index (χ0n) is 7.75. The summed E-state index contributed by atoms with van der Waals surface area (Å²) in [5, 5.41) is 10.3. The Morgan fingerprint density at radius 2 is 2.53 bits per heavy atom. The first-order valence-corrected chi connectivity index (χ1v) is 6.30. The molecule has 0 bridgehead atoms. The van der Waals surface area contributed by atoms with Gasteiger partial charge in [-0.05, 0) is 11.5 Å². The molecule has 2 aliphatic heterocycles. The van der Waals surface area contributed by atoms with E-state index >= 15 is 0 Å². The maximum atomic E-state index is 11.6. The summed E-state index contributed by atoms with van der Waals surface area (Å²) in [5.41, 5.74) is 0.115. The Kier molecular flexibility index (Phi) is 2.79. The predicted molar refractivity (Wildman–Crippen MR) is 60.4 cm³/mol. The number of carboxylic acids is 1. The lowest BCUT2D eigenvalue weighted by atomic mass is 10.1. The molecule has 1 unspecified atom stereocenters. The van der Waals surface area contributed by atoms with E-state index in [1.165, 1.54) is 16.7 Å². The summed E-state index contributed by atoms with van der Waals surface area (Å²) in [7, 11) is 0. The highest BCUT2D eigenvalue weighted by molar-refractivity contribution is 8.06. The Bertz CT molecular complexity index is 366. The molecule has 2 heterocycles. The van der Waals surface area contributed by atoms with Gasteiger partial charge in [-0.3, -0.25) is 9.69 Å². The molecule has 1 fully saturated rings. The molecule has 80 valence electrons. The molecule has 1 amide bonds. The Hall–Kier alpha value is -0.880.